The van der Waals surface area contributed by atoms with Crippen LogP contribution in [-0.2, 0) is 0 Å². The van der Waals surface area contributed by atoms with Gasteiger partial charge in [0, 0.05) is 23.2 Å². The van der Waals surface area contributed by atoms with Crippen LogP contribution in [0.15, 0.2) is 53.3 Å². The van der Waals surface area contributed by atoms with Gasteiger partial charge in [-0.3, -0.25) is 4.79 Å². The monoisotopic (exact) mass is 291 g/mol. The van der Waals surface area contributed by atoms with Crippen molar-refractivity contribution in [3.63, 3.8) is 0 Å². The molecule has 2 aromatic carbocycles. The molecule has 0 aliphatic carbocycles. The van der Waals surface area contributed by atoms with E-state index in [1.807, 2.05) is 61.5 Å². The Kier molecular flexibility index (Phi) is 3.79. The lowest BCUT2D eigenvalue weighted by Crippen LogP contribution is -2.04. The summed E-state index contributed by atoms with van der Waals surface area (Å²) in [5.74, 6) is 0.771. The predicted octanol–water partition coefficient (Wildman–Crippen LogP) is 4.02. The fraction of sp³-hybridized carbons (Fsp3) is 0.105. The number of rotatable bonds is 3. The topological polar surface area (TPSA) is 42.1 Å². The third-order valence-electron chi connectivity index (χ3n) is 3.62. The maximum Gasteiger partial charge on any atom is 0.190 e. The van der Waals surface area contributed by atoms with Crippen LogP contribution in [-0.4, -0.2) is 12.1 Å². The van der Waals surface area contributed by atoms with Gasteiger partial charge in [-0.1, -0.05) is 36.4 Å². The van der Waals surface area contributed by atoms with E-state index in [0.29, 0.717) is 5.39 Å². The molecule has 0 fully saturated rings. The minimum Gasteiger partial charge on any atom is -0.496 e. The standard InChI is InChI=1S/C19H17NO2/c1-13-10-16-17(12-19(13)22-2)20-15(11-18(16)21)9-8-14-6-4-3-5-7-14/h3-12H,1-2H3,(H,20,21)/b9-8+. The maximum atomic E-state index is 12.3. The lowest BCUT2D eigenvalue weighted by atomic mass is 10.1. The SMILES string of the molecule is COc1cc2[nH]c(/C=C/c3ccccc3)cc(=O)c2cc1C. The zero-order valence-corrected chi connectivity index (χ0v) is 12.6. The summed E-state index contributed by atoms with van der Waals surface area (Å²) in [6.45, 7) is 1.93. The molecule has 1 N–H and O–H groups in total. The summed E-state index contributed by atoms with van der Waals surface area (Å²) in [5, 5.41) is 0.676. The lowest BCUT2D eigenvalue weighted by molar-refractivity contribution is 0.412. The van der Waals surface area contributed by atoms with E-state index in [2.05, 4.69) is 4.98 Å². The van der Waals surface area contributed by atoms with Crippen LogP contribution in [0.5, 0.6) is 5.75 Å². The van der Waals surface area contributed by atoms with Crippen molar-refractivity contribution in [1.29, 1.82) is 0 Å². The van der Waals surface area contributed by atoms with Crippen LogP contribution in [0, 0.1) is 6.92 Å². The second-order valence-electron chi connectivity index (χ2n) is 5.20. The van der Waals surface area contributed by atoms with Crippen molar-refractivity contribution in [2.45, 2.75) is 6.92 Å². The molecular weight excluding hydrogens is 274 g/mol. The normalized spacial score (nSPS) is 11.2. The number of aromatic amines is 1. The second-order valence-corrected chi connectivity index (χ2v) is 5.20. The summed E-state index contributed by atoms with van der Waals surface area (Å²) in [6, 6.07) is 15.3. The van der Waals surface area contributed by atoms with Crippen molar-refractivity contribution < 1.29 is 4.74 Å². The first-order valence-corrected chi connectivity index (χ1v) is 7.12. The van der Waals surface area contributed by atoms with Gasteiger partial charge in [0.05, 0.1) is 12.6 Å². The molecule has 1 heterocycles. The largest absolute Gasteiger partial charge is 0.496 e. The van der Waals surface area contributed by atoms with Crippen LogP contribution in [0.2, 0.25) is 0 Å². The quantitative estimate of drug-likeness (QED) is 0.792. The summed E-state index contributed by atoms with van der Waals surface area (Å²) >= 11 is 0. The van der Waals surface area contributed by atoms with Crippen LogP contribution >= 0.6 is 0 Å². The predicted molar refractivity (Wildman–Crippen MR) is 91.2 cm³/mol. The highest BCUT2D eigenvalue weighted by atomic mass is 16.5. The number of pyridine rings is 1. The Labute approximate surface area is 128 Å². The summed E-state index contributed by atoms with van der Waals surface area (Å²) in [5.41, 5.74) is 3.60. The second kappa shape index (κ2) is 5.90. The first kappa shape index (κ1) is 14.1. The number of hydrogen-bond donors (Lipinski definition) is 1. The van der Waals surface area contributed by atoms with Crippen LogP contribution in [0.4, 0.5) is 0 Å². The first-order chi connectivity index (χ1) is 10.7. The molecule has 0 aliphatic rings. The highest BCUT2D eigenvalue weighted by Gasteiger charge is 2.05. The molecule has 22 heavy (non-hydrogen) atoms. The third-order valence-corrected chi connectivity index (χ3v) is 3.62. The molecule has 0 bridgehead atoms. The number of fused-ring (bicyclic) bond motifs is 1. The zero-order chi connectivity index (χ0) is 15.5. The van der Waals surface area contributed by atoms with Crippen molar-refractivity contribution in [2.24, 2.45) is 0 Å². The molecule has 1 aromatic heterocycles. The Morgan fingerprint density at radius 3 is 2.55 bits per heavy atom. The van der Waals surface area contributed by atoms with Gasteiger partial charge >= 0.3 is 0 Å². The average molecular weight is 291 g/mol. The van der Waals surface area contributed by atoms with Gasteiger partial charge in [-0.2, -0.15) is 0 Å². The highest BCUT2D eigenvalue weighted by molar-refractivity contribution is 5.83. The summed E-state index contributed by atoms with van der Waals surface area (Å²) in [6.07, 6.45) is 3.88. The molecule has 0 aliphatic heterocycles. The molecule has 0 amide bonds. The summed E-state index contributed by atoms with van der Waals surface area (Å²) in [7, 11) is 1.63. The van der Waals surface area contributed by atoms with Gasteiger partial charge in [-0.15, -0.1) is 0 Å². The van der Waals surface area contributed by atoms with Crippen LogP contribution < -0.4 is 10.2 Å². The first-order valence-electron chi connectivity index (χ1n) is 7.12. The van der Waals surface area contributed by atoms with E-state index in [1.54, 1.807) is 13.2 Å². The number of methoxy groups -OCH3 is 1. The molecule has 0 saturated carbocycles. The van der Waals surface area contributed by atoms with Gasteiger partial charge in [0.2, 0.25) is 0 Å². The van der Waals surface area contributed by atoms with Crippen molar-refractivity contribution in [1.82, 2.24) is 4.98 Å². The Bertz CT molecular complexity index is 892. The number of aryl methyl sites for hydroxylation is 1. The van der Waals surface area contributed by atoms with E-state index in [-0.39, 0.29) is 5.43 Å². The van der Waals surface area contributed by atoms with Gasteiger partial charge in [0.25, 0.3) is 0 Å². The molecule has 0 radical (unpaired) electrons. The number of nitrogens with one attached hydrogen (secondary N) is 1. The van der Waals surface area contributed by atoms with Gasteiger partial charge < -0.3 is 9.72 Å². The number of aromatic nitrogens is 1. The summed E-state index contributed by atoms with van der Waals surface area (Å²) in [4.78, 5) is 15.5. The number of H-pyrrole nitrogens is 1. The van der Waals surface area contributed by atoms with Gasteiger partial charge in [-0.25, -0.2) is 0 Å². The molecule has 3 nitrogen and oxygen atoms in total. The lowest BCUT2D eigenvalue weighted by Gasteiger charge is -2.07. The molecular formula is C19H17NO2. The van der Waals surface area contributed by atoms with E-state index in [9.17, 15) is 4.79 Å². The van der Waals surface area contributed by atoms with E-state index in [1.165, 1.54) is 0 Å². The van der Waals surface area contributed by atoms with E-state index in [4.69, 9.17) is 4.74 Å². The van der Waals surface area contributed by atoms with Crippen molar-refractivity contribution in [2.75, 3.05) is 7.11 Å². The van der Waals surface area contributed by atoms with Gasteiger partial charge in [0.15, 0.2) is 5.43 Å². The fourth-order valence-electron chi connectivity index (χ4n) is 2.47. The molecule has 0 saturated heterocycles. The molecule has 3 aromatic rings. The molecule has 0 unspecified atom stereocenters. The Hall–Kier alpha value is -2.81. The minimum absolute atomic E-state index is 0.00668. The smallest absolute Gasteiger partial charge is 0.190 e. The number of ether oxygens (including phenoxy) is 1. The number of hydrogen-bond acceptors (Lipinski definition) is 2. The van der Waals surface area contributed by atoms with Crippen molar-refractivity contribution in [3.05, 3.63) is 75.6 Å². The van der Waals surface area contributed by atoms with Gasteiger partial charge in [0.1, 0.15) is 5.75 Å². The van der Waals surface area contributed by atoms with E-state index in [0.717, 1.165) is 28.1 Å². The number of benzene rings is 2. The van der Waals surface area contributed by atoms with E-state index >= 15 is 0 Å². The van der Waals surface area contributed by atoms with Crippen molar-refractivity contribution >= 4 is 23.1 Å². The maximum absolute atomic E-state index is 12.3. The Balaban J connectivity index is 2.07. The Morgan fingerprint density at radius 2 is 1.82 bits per heavy atom. The highest BCUT2D eigenvalue weighted by Crippen LogP contribution is 2.22. The molecule has 110 valence electrons. The average Bonchev–Trinajstić information content (AvgIpc) is 2.54. The van der Waals surface area contributed by atoms with Crippen LogP contribution in [0.25, 0.3) is 23.1 Å². The summed E-state index contributed by atoms with van der Waals surface area (Å²) < 4.78 is 5.32. The zero-order valence-electron chi connectivity index (χ0n) is 12.6. The van der Waals surface area contributed by atoms with Gasteiger partial charge in [-0.05, 0) is 30.2 Å². The van der Waals surface area contributed by atoms with Crippen LogP contribution in [0.3, 0.4) is 0 Å². The fourth-order valence-corrected chi connectivity index (χ4v) is 2.47. The van der Waals surface area contributed by atoms with Crippen molar-refractivity contribution in [3.8, 4) is 5.75 Å². The molecule has 3 heteroatoms. The Morgan fingerprint density at radius 1 is 1.05 bits per heavy atom. The molecule has 0 spiro atoms. The van der Waals surface area contributed by atoms with Crippen LogP contribution in [0.1, 0.15) is 16.8 Å². The van der Waals surface area contributed by atoms with E-state index < -0.39 is 0 Å². The molecule has 3 rings (SSSR count). The third kappa shape index (κ3) is 2.79. The minimum atomic E-state index is 0.00668. The molecule has 0 atom stereocenters.